The Labute approximate surface area is 166 Å². The second-order valence-corrected chi connectivity index (χ2v) is 6.32. The van der Waals surface area contributed by atoms with Gasteiger partial charge in [-0.15, -0.1) is 0 Å². The number of benzene rings is 1. The van der Waals surface area contributed by atoms with Crippen LogP contribution in [0, 0.1) is 0 Å². The third kappa shape index (κ3) is 3.47. The first-order chi connectivity index (χ1) is 14.1. The lowest BCUT2D eigenvalue weighted by molar-refractivity contribution is 0.0699. The van der Waals surface area contributed by atoms with Gasteiger partial charge in [-0.2, -0.15) is 5.10 Å². The molecule has 0 aliphatic heterocycles. The fraction of sp³-hybridized carbons (Fsp3) is 0.143. The van der Waals surface area contributed by atoms with Crippen molar-refractivity contribution in [2.45, 2.75) is 6.54 Å². The molecule has 1 N–H and O–H groups in total. The summed E-state index contributed by atoms with van der Waals surface area (Å²) in [5.41, 5.74) is 2.84. The number of methoxy groups -OCH3 is 2. The van der Waals surface area contributed by atoms with Gasteiger partial charge in [-0.1, -0.05) is 0 Å². The van der Waals surface area contributed by atoms with Gasteiger partial charge in [-0.3, -0.25) is 4.98 Å². The van der Waals surface area contributed by atoms with Gasteiger partial charge in [0.1, 0.15) is 0 Å². The van der Waals surface area contributed by atoms with Gasteiger partial charge in [0.05, 0.1) is 43.6 Å². The van der Waals surface area contributed by atoms with Crippen LogP contribution >= 0.6 is 0 Å². The van der Waals surface area contributed by atoms with Crippen LogP contribution in [0.5, 0.6) is 11.5 Å². The molecule has 0 saturated heterocycles. The molecule has 3 aromatic heterocycles. The van der Waals surface area contributed by atoms with Crippen molar-refractivity contribution in [3.8, 4) is 22.8 Å². The molecule has 0 aliphatic carbocycles. The highest BCUT2D eigenvalue weighted by Gasteiger charge is 2.18. The molecule has 0 atom stereocenters. The maximum atomic E-state index is 11.9. The highest BCUT2D eigenvalue weighted by molar-refractivity contribution is 6.02. The van der Waals surface area contributed by atoms with E-state index in [-0.39, 0.29) is 5.56 Å². The highest BCUT2D eigenvalue weighted by Crippen LogP contribution is 2.33. The molecule has 4 rings (SSSR count). The second kappa shape index (κ2) is 7.59. The Balaban J connectivity index is 1.87. The van der Waals surface area contributed by atoms with Gasteiger partial charge in [-0.25, -0.2) is 14.5 Å². The van der Waals surface area contributed by atoms with Gasteiger partial charge in [0.25, 0.3) is 0 Å². The summed E-state index contributed by atoms with van der Waals surface area (Å²) in [5.74, 6) is 0.0789. The molecule has 0 aliphatic rings. The zero-order valence-corrected chi connectivity index (χ0v) is 15.9. The van der Waals surface area contributed by atoms with E-state index in [1.165, 1.54) is 6.20 Å². The maximum absolute atomic E-state index is 11.9. The average molecular weight is 390 g/mol. The number of pyridine rings is 2. The number of carboxylic acids is 1. The van der Waals surface area contributed by atoms with Crippen molar-refractivity contribution in [1.82, 2.24) is 19.7 Å². The van der Waals surface area contributed by atoms with E-state index in [4.69, 9.17) is 14.5 Å². The minimum absolute atomic E-state index is 0.140. The fourth-order valence-electron chi connectivity index (χ4n) is 3.14. The quantitative estimate of drug-likeness (QED) is 0.539. The average Bonchev–Trinajstić information content (AvgIpc) is 3.15. The summed E-state index contributed by atoms with van der Waals surface area (Å²) in [4.78, 5) is 20.6. The molecule has 0 radical (unpaired) electrons. The summed E-state index contributed by atoms with van der Waals surface area (Å²) < 4.78 is 12.3. The number of fused-ring (bicyclic) bond motifs is 1. The Hall–Kier alpha value is -3.94. The predicted molar refractivity (Wildman–Crippen MR) is 106 cm³/mol. The Kier molecular flexibility index (Phi) is 4.82. The molecule has 3 heterocycles. The van der Waals surface area contributed by atoms with E-state index in [1.807, 2.05) is 18.2 Å². The number of aromatic nitrogens is 4. The van der Waals surface area contributed by atoms with Crippen LogP contribution in [-0.2, 0) is 6.54 Å². The van der Waals surface area contributed by atoms with Crippen molar-refractivity contribution in [1.29, 1.82) is 0 Å². The van der Waals surface area contributed by atoms with Crippen molar-refractivity contribution in [3.05, 3.63) is 66.1 Å². The van der Waals surface area contributed by atoms with E-state index in [0.29, 0.717) is 40.3 Å². The van der Waals surface area contributed by atoms with Crippen molar-refractivity contribution < 1.29 is 19.4 Å². The molecule has 8 nitrogen and oxygen atoms in total. The Bertz CT molecular complexity index is 1190. The highest BCUT2D eigenvalue weighted by atomic mass is 16.5. The number of carboxylic acid groups (broad SMARTS) is 1. The van der Waals surface area contributed by atoms with Gasteiger partial charge in [-0.05, 0) is 42.0 Å². The zero-order chi connectivity index (χ0) is 20.4. The lowest BCUT2D eigenvalue weighted by atomic mass is 10.1. The number of hydrogen-bond donors (Lipinski definition) is 1. The number of aromatic carboxylic acids is 1. The van der Waals surface area contributed by atoms with Crippen LogP contribution in [0.2, 0.25) is 0 Å². The standard InChI is InChI=1S/C21H18N4O4/c1-28-18-4-3-14(9-19(18)29-2)17-10-15(21(26)27)16-11-23-25(20(16)24-17)12-13-5-7-22-8-6-13/h3-11H,12H2,1-2H3,(H,26,27). The van der Waals surface area contributed by atoms with Gasteiger partial charge in [0.15, 0.2) is 17.1 Å². The summed E-state index contributed by atoms with van der Waals surface area (Å²) in [7, 11) is 3.10. The molecular formula is C21H18N4O4. The molecule has 0 unspecified atom stereocenters. The van der Waals surface area contributed by atoms with E-state index in [0.717, 1.165) is 5.56 Å². The monoisotopic (exact) mass is 390 g/mol. The first-order valence-electron chi connectivity index (χ1n) is 8.82. The largest absolute Gasteiger partial charge is 0.493 e. The SMILES string of the molecule is COc1ccc(-c2cc(C(=O)O)c3cnn(Cc4ccncc4)c3n2)cc1OC. The van der Waals surface area contributed by atoms with Crippen molar-refractivity contribution in [2.24, 2.45) is 0 Å². The molecule has 0 spiro atoms. The van der Waals surface area contributed by atoms with E-state index < -0.39 is 5.97 Å². The van der Waals surface area contributed by atoms with Crippen molar-refractivity contribution in [2.75, 3.05) is 14.2 Å². The van der Waals surface area contributed by atoms with Crippen LogP contribution in [0.3, 0.4) is 0 Å². The minimum Gasteiger partial charge on any atom is -0.493 e. The van der Waals surface area contributed by atoms with Crippen molar-refractivity contribution in [3.63, 3.8) is 0 Å². The topological polar surface area (TPSA) is 99.4 Å². The molecule has 0 amide bonds. The first-order valence-corrected chi connectivity index (χ1v) is 8.82. The summed E-state index contributed by atoms with van der Waals surface area (Å²) in [5, 5.41) is 14.6. The van der Waals surface area contributed by atoms with Crippen LogP contribution in [0.15, 0.2) is 55.0 Å². The Morgan fingerprint density at radius 3 is 2.52 bits per heavy atom. The van der Waals surface area contributed by atoms with E-state index in [2.05, 4.69) is 10.1 Å². The molecule has 0 bridgehead atoms. The summed E-state index contributed by atoms with van der Waals surface area (Å²) in [6.07, 6.45) is 4.93. The van der Waals surface area contributed by atoms with Gasteiger partial charge < -0.3 is 14.6 Å². The molecule has 8 heteroatoms. The minimum atomic E-state index is -1.04. The maximum Gasteiger partial charge on any atom is 0.336 e. The smallest absolute Gasteiger partial charge is 0.336 e. The third-order valence-electron chi connectivity index (χ3n) is 4.60. The predicted octanol–water partition coefficient (Wildman–Crippen LogP) is 3.26. The number of ether oxygens (including phenoxy) is 2. The fourth-order valence-corrected chi connectivity index (χ4v) is 3.14. The van der Waals surface area contributed by atoms with E-state index in [1.54, 1.807) is 49.5 Å². The first kappa shape index (κ1) is 18.4. The van der Waals surface area contributed by atoms with Gasteiger partial charge >= 0.3 is 5.97 Å². The molecule has 4 aromatic rings. The van der Waals surface area contributed by atoms with Crippen LogP contribution < -0.4 is 9.47 Å². The normalized spacial score (nSPS) is 10.8. The Morgan fingerprint density at radius 1 is 1.07 bits per heavy atom. The molecule has 29 heavy (non-hydrogen) atoms. The lowest BCUT2D eigenvalue weighted by Crippen LogP contribution is -2.05. The number of nitrogens with zero attached hydrogens (tertiary/aromatic N) is 4. The van der Waals surface area contributed by atoms with Gasteiger partial charge in [0, 0.05) is 18.0 Å². The molecule has 146 valence electrons. The van der Waals surface area contributed by atoms with Crippen LogP contribution in [0.1, 0.15) is 15.9 Å². The summed E-state index contributed by atoms with van der Waals surface area (Å²) >= 11 is 0. The second-order valence-electron chi connectivity index (χ2n) is 6.32. The molecule has 1 aromatic carbocycles. The molecule has 0 fully saturated rings. The van der Waals surface area contributed by atoms with E-state index >= 15 is 0 Å². The zero-order valence-electron chi connectivity index (χ0n) is 15.9. The number of rotatable bonds is 6. The van der Waals surface area contributed by atoms with Crippen LogP contribution in [-0.4, -0.2) is 45.0 Å². The van der Waals surface area contributed by atoms with Crippen LogP contribution in [0.25, 0.3) is 22.3 Å². The van der Waals surface area contributed by atoms with Crippen molar-refractivity contribution >= 4 is 17.0 Å². The van der Waals surface area contributed by atoms with E-state index in [9.17, 15) is 9.90 Å². The number of hydrogen-bond acceptors (Lipinski definition) is 6. The Morgan fingerprint density at radius 2 is 1.83 bits per heavy atom. The van der Waals surface area contributed by atoms with Gasteiger partial charge in [0.2, 0.25) is 0 Å². The number of carbonyl (C=O) groups is 1. The third-order valence-corrected chi connectivity index (χ3v) is 4.60. The summed E-state index contributed by atoms with van der Waals surface area (Å²) in [6, 6.07) is 10.6. The van der Waals surface area contributed by atoms with Crippen LogP contribution in [0.4, 0.5) is 0 Å². The summed E-state index contributed by atoms with van der Waals surface area (Å²) in [6.45, 7) is 0.452. The lowest BCUT2D eigenvalue weighted by Gasteiger charge is -2.11. The molecule has 0 saturated carbocycles. The molecular weight excluding hydrogens is 372 g/mol.